The molecule has 0 aromatic rings. The van der Waals surface area contributed by atoms with Gasteiger partial charge in [0.2, 0.25) is 0 Å². The van der Waals surface area contributed by atoms with E-state index in [1.54, 1.807) is 6.92 Å². The number of aliphatic hydroxyl groups excluding tert-OH is 1. The highest BCUT2D eigenvalue weighted by Crippen LogP contribution is 2.21. The molecule has 0 radical (unpaired) electrons. The van der Waals surface area contributed by atoms with Gasteiger partial charge >= 0.3 is 11.9 Å². The minimum absolute atomic E-state index is 0.105. The van der Waals surface area contributed by atoms with E-state index in [0.29, 0.717) is 25.7 Å². The lowest BCUT2D eigenvalue weighted by Gasteiger charge is -2.20. The van der Waals surface area contributed by atoms with E-state index in [0.717, 1.165) is 0 Å². The lowest BCUT2D eigenvalue weighted by atomic mass is 9.99. The Morgan fingerprint density at radius 1 is 1.30 bits per heavy atom. The van der Waals surface area contributed by atoms with Gasteiger partial charge in [-0.15, -0.1) is 0 Å². The smallest absolute Gasteiger partial charge is 0.345 e. The summed E-state index contributed by atoms with van der Waals surface area (Å²) in [5, 5.41) is 9.82. The van der Waals surface area contributed by atoms with Crippen LogP contribution < -0.4 is 0 Å². The molecule has 1 fully saturated rings. The van der Waals surface area contributed by atoms with Gasteiger partial charge in [0.15, 0.2) is 5.78 Å². The molecular formula is C14H20O6. The number of methoxy groups -OCH3 is 1. The van der Waals surface area contributed by atoms with Gasteiger partial charge in [-0.1, -0.05) is 6.42 Å². The molecule has 0 saturated carbocycles. The Bertz CT molecular complexity index is 403. The number of ketones is 1. The molecule has 6 nitrogen and oxygen atoms in total. The van der Waals surface area contributed by atoms with Crippen molar-refractivity contribution in [1.29, 1.82) is 0 Å². The first-order valence-electron chi connectivity index (χ1n) is 6.68. The van der Waals surface area contributed by atoms with E-state index in [9.17, 15) is 19.5 Å². The Morgan fingerprint density at radius 2 is 1.95 bits per heavy atom. The molecule has 0 unspecified atom stereocenters. The van der Waals surface area contributed by atoms with Gasteiger partial charge in [-0.25, -0.2) is 4.79 Å². The maximum atomic E-state index is 11.7. The van der Waals surface area contributed by atoms with Crippen LogP contribution in [0.4, 0.5) is 0 Å². The summed E-state index contributed by atoms with van der Waals surface area (Å²) >= 11 is 0. The largest absolute Gasteiger partial charge is 0.511 e. The summed E-state index contributed by atoms with van der Waals surface area (Å²) in [6.45, 7) is 1.64. The molecule has 0 aromatic carbocycles. The first kappa shape index (κ1) is 16.2. The van der Waals surface area contributed by atoms with Crippen molar-refractivity contribution in [2.75, 3.05) is 7.11 Å². The van der Waals surface area contributed by atoms with E-state index in [1.807, 2.05) is 0 Å². The van der Waals surface area contributed by atoms with Crippen molar-refractivity contribution in [3.8, 4) is 0 Å². The standard InChI is InChI=1S/C14H20O6/c1-9-8-11(16)13(14(18)20-9)10(15)6-4-3-5-7-12(17)19-2/h9,15H,3-8H2,1-2H3/b13-10+/t9-/m1/s1. The fourth-order valence-corrected chi connectivity index (χ4v) is 2.00. The fourth-order valence-electron chi connectivity index (χ4n) is 2.00. The summed E-state index contributed by atoms with van der Waals surface area (Å²) in [6, 6.07) is 0. The third-order valence-electron chi connectivity index (χ3n) is 3.07. The highest BCUT2D eigenvalue weighted by molar-refractivity contribution is 6.19. The molecular weight excluding hydrogens is 264 g/mol. The van der Waals surface area contributed by atoms with Gasteiger partial charge in [-0.2, -0.15) is 0 Å². The van der Waals surface area contributed by atoms with Crippen molar-refractivity contribution in [3.63, 3.8) is 0 Å². The number of unbranched alkanes of at least 4 members (excludes halogenated alkanes) is 2. The first-order valence-corrected chi connectivity index (χ1v) is 6.68. The van der Waals surface area contributed by atoms with Crippen LogP contribution in [0.25, 0.3) is 0 Å². The highest BCUT2D eigenvalue weighted by Gasteiger charge is 2.32. The van der Waals surface area contributed by atoms with Crippen LogP contribution in [-0.2, 0) is 23.9 Å². The van der Waals surface area contributed by atoms with Crippen LogP contribution in [0.5, 0.6) is 0 Å². The number of esters is 2. The second-order valence-corrected chi connectivity index (χ2v) is 4.80. The predicted molar refractivity (Wildman–Crippen MR) is 69.9 cm³/mol. The molecule has 1 saturated heterocycles. The number of ether oxygens (including phenoxy) is 2. The number of rotatable bonds is 6. The van der Waals surface area contributed by atoms with E-state index in [-0.39, 0.29) is 35.9 Å². The number of hydrogen-bond donors (Lipinski definition) is 1. The van der Waals surface area contributed by atoms with Crippen molar-refractivity contribution in [2.45, 2.75) is 51.6 Å². The van der Waals surface area contributed by atoms with Gasteiger partial charge in [0, 0.05) is 19.3 Å². The van der Waals surface area contributed by atoms with Crippen LogP contribution in [0.2, 0.25) is 0 Å². The minimum Gasteiger partial charge on any atom is -0.511 e. The number of aliphatic hydroxyl groups is 1. The first-order chi connectivity index (χ1) is 9.45. The number of hydrogen-bond acceptors (Lipinski definition) is 6. The Kier molecular flexibility index (Phi) is 6.21. The van der Waals surface area contributed by atoms with E-state index in [4.69, 9.17) is 4.74 Å². The third kappa shape index (κ3) is 4.68. The second kappa shape index (κ2) is 7.67. The topological polar surface area (TPSA) is 89.9 Å². The SMILES string of the molecule is COC(=O)CCCCC/C(O)=C1/C(=O)C[C@@H](C)OC1=O. The molecule has 0 aromatic heterocycles. The maximum Gasteiger partial charge on any atom is 0.345 e. The van der Waals surface area contributed by atoms with Crippen LogP contribution in [-0.4, -0.2) is 36.0 Å². The van der Waals surface area contributed by atoms with Crippen LogP contribution in [0.3, 0.4) is 0 Å². The summed E-state index contributed by atoms with van der Waals surface area (Å²) in [5.41, 5.74) is -0.226. The van der Waals surface area contributed by atoms with Crippen molar-refractivity contribution in [1.82, 2.24) is 0 Å². The number of carbonyl (C=O) groups excluding carboxylic acids is 3. The van der Waals surface area contributed by atoms with Gasteiger partial charge in [-0.3, -0.25) is 9.59 Å². The molecule has 1 aliphatic heterocycles. The monoisotopic (exact) mass is 284 g/mol. The zero-order chi connectivity index (χ0) is 15.1. The molecule has 0 amide bonds. The number of Topliss-reactive ketones (excluding diaryl/α,β-unsaturated/α-hetero) is 1. The lowest BCUT2D eigenvalue weighted by Crippen LogP contribution is -2.31. The van der Waals surface area contributed by atoms with Gasteiger partial charge in [0.1, 0.15) is 17.4 Å². The van der Waals surface area contributed by atoms with Crippen molar-refractivity contribution in [3.05, 3.63) is 11.3 Å². The lowest BCUT2D eigenvalue weighted by molar-refractivity contribution is -0.150. The Hall–Kier alpha value is -1.85. The molecule has 1 aliphatic rings. The van der Waals surface area contributed by atoms with Crippen molar-refractivity contribution < 1.29 is 29.0 Å². The normalized spacial score (nSPS) is 21.4. The molecule has 20 heavy (non-hydrogen) atoms. The zero-order valence-corrected chi connectivity index (χ0v) is 11.8. The molecule has 112 valence electrons. The summed E-state index contributed by atoms with van der Waals surface area (Å²) in [5.74, 6) is -1.61. The number of allylic oxidation sites excluding steroid dienone is 1. The minimum atomic E-state index is -0.749. The summed E-state index contributed by atoms with van der Waals surface area (Å²) in [6.07, 6.45) is 2.15. The molecule has 6 heteroatoms. The van der Waals surface area contributed by atoms with Crippen LogP contribution >= 0.6 is 0 Å². The molecule has 0 aliphatic carbocycles. The predicted octanol–water partition coefficient (Wildman–Crippen LogP) is 1.83. The average Bonchev–Trinajstić information content (AvgIpc) is 2.36. The Morgan fingerprint density at radius 3 is 2.55 bits per heavy atom. The number of carbonyl (C=O) groups is 3. The second-order valence-electron chi connectivity index (χ2n) is 4.80. The maximum absolute atomic E-state index is 11.7. The van der Waals surface area contributed by atoms with Gasteiger partial charge in [0.05, 0.1) is 7.11 Å². The van der Waals surface area contributed by atoms with Crippen LogP contribution in [0.1, 0.15) is 45.4 Å². The molecule has 1 N–H and O–H groups in total. The quantitative estimate of drug-likeness (QED) is 0.263. The van der Waals surface area contributed by atoms with E-state index >= 15 is 0 Å². The molecule has 0 bridgehead atoms. The van der Waals surface area contributed by atoms with Gasteiger partial charge in [0.25, 0.3) is 0 Å². The average molecular weight is 284 g/mol. The number of cyclic esters (lactones) is 1. The Balaban J connectivity index is 2.42. The summed E-state index contributed by atoms with van der Waals surface area (Å²) < 4.78 is 9.43. The van der Waals surface area contributed by atoms with Crippen LogP contribution in [0, 0.1) is 0 Å². The van der Waals surface area contributed by atoms with E-state index in [2.05, 4.69) is 4.74 Å². The van der Waals surface area contributed by atoms with Gasteiger partial charge in [-0.05, 0) is 19.8 Å². The molecule has 1 rings (SSSR count). The van der Waals surface area contributed by atoms with Crippen LogP contribution in [0.15, 0.2) is 11.3 Å². The van der Waals surface area contributed by atoms with Gasteiger partial charge < -0.3 is 14.6 Å². The van der Waals surface area contributed by atoms with E-state index in [1.165, 1.54) is 7.11 Å². The molecule has 0 spiro atoms. The summed E-state index contributed by atoms with van der Waals surface area (Å²) in [4.78, 5) is 34.1. The molecule has 1 heterocycles. The third-order valence-corrected chi connectivity index (χ3v) is 3.07. The van der Waals surface area contributed by atoms with E-state index < -0.39 is 12.1 Å². The fraction of sp³-hybridized carbons (Fsp3) is 0.643. The highest BCUT2D eigenvalue weighted by atomic mass is 16.5. The van der Waals surface area contributed by atoms with Crippen molar-refractivity contribution in [2.24, 2.45) is 0 Å². The Labute approximate surface area is 117 Å². The van der Waals surface area contributed by atoms with Crippen molar-refractivity contribution >= 4 is 17.7 Å². The summed E-state index contributed by atoms with van der Waals surface area (Å²) in [7, 11) is 1.33. The zero-order valence-electron chi connectivity index (χ0n) is 11.8. The molecule has 1 atom stereocenters.